The van der Waals surface area contributed by atoms with Crippen LogP contribution in [0.5, 0.6) is 11.5 Å². The average molecular weight is 342 g/mol. The third kappa shape index (κ3) is 1.91. The van der Waals surface area contributed by atoms with Crippen LogP contribution in [0.25, 0.3) is 11.0 Å². The SMILES string of the molecule is CCO[C@@H]1CCc2c1c(=O)oc1c3c(cc(OC)c21)OC1OC=CC31. The first-order valence-corrected chi connectivity index (χ1v) is 8.53. The lowest BCUT2D eigenvalue weighted by Gasteiger charge is -2.14. The van der Waals surface area contributed by atoms with Gasteiger partial charge in [-0.3, -0.25) is 0 Å². The van der Waals surface area contributed by atoms with E-state index in [4.69, 9.17) is 23.4 Å². The van der Waals surface area contributed by atoms with Crippen LogP contribution < -0.4 is 15.1 Å². The minimum Gasteiger partial charge on any atom is -0.496 e. The van der Waals surface area contributed by atoms with Crippen molar-refractivity contribution in [1.82, 2.24) is 0 Å². The molecular weight excluding hydrogens is 324 g/mol. The molecule has 0 amide bonds. The Morgan fingerprint density at radius 3 is 3.00 bits per heavy atom. The van der Waals surface area contributed by atoms with Crippen LogP contribution in [0, 0.1) is 0 Å². The van der Waals surface area contributed by atoms with Gasteiger partial charge in [0.1, 0.15) is 17.1 Å². The molecule has 0 saturated carbocycles. The molecule has 3 heterocycles. The molecule has 0 spiro atoms. The summed E-state index contributed by atoms with van der Waals surface area (Å²) in [6.45, 7) is 2.49. The molecule has 0 bridgehead atoms. The van der Waals surface area contributed by atoms with Crippen LogP contribution >= 0.6 is 0 Å². The van der Waals surface area contributed by atoms with Crippen molar-refractivity contribution in [1.29, 1.82) is 0 Å². The number of benzene rings is 1. The van der Waals surface area contributed by atoms with Gasteiger partial charge in [-0.25, -0.2) is 4.79 Å². The van der Waals surface area contributed by atoms with Gasteiger partial charge in [-0.05, 0) is 31.4 Å². The van der Waals surface area contributed by atoms with Gasteiger partial charge in [0.25, 0.3) is 6.29 Å². The summed E-state index contributed by atoms with van der Waals surface area (Å²) < 4.78 is 28.4. The molecule has 25 heavy (non-hydrogen) atoms. The Morgan fingerprint density at radius 2 is 2.20 bits per heavy atom. The standard InChI is InChI=1S/C19H18O6/c1-3-22-11-5-4-9-14-12(21-2)8-13-15(10-6-7-23-19(10)24-13)17(14)25-18(20)16(9)11/h6-8,10-11,19H,3-5H2,1-2H3/t10?,11-,19?/m1/s1. The van der Waals surface area contributed by atoms with E-state index in [0.717, 1.165) is 29.4 Å². The van der Waals surface area contributed by atoms with Gasteiger partial charge in [0.2, 0.25) is 0 Å². The zero-order valence-electron chi connectivity index (χ0n) is 14.0. The molecule has 1 aromatic carbocycles. The van der Waals surface area contributed by atoms with Crippen LogP contribution in [0.3, 0.4) is 0 Å². The molecule has 0 N–H and O–H groups in total. The summed E-state index contributed by atoms with van der Waals surface area (Å²) >= 11 is 0. The Labute approximate surface area is 143 Å². The van der Waals surface area contributed by atoms with Crippen LogP contribution in [-0.4, -0.2) is 20.0 Å². The Balaban J connectivity index is 1.83. The van der Waals surface area contributed by atoms with E-state index in [0.29, 0.717) is 29.3 Å². The van der Waals surface area contributed by atoms with Crippen LogP contribution in [0.15, 0.2) is 27.6 Å². The molecule has 5 rings (SSSR count). The maximum Gasteiger partial charge on any atom is 0.342 e. The van der Waals surface area contributed by atoms with Crippen molar-refractivity contribution >= 4 is 11.0 Å². The first kappa shape index (κ1) is 14.8. The molecule has 3 atom stereocenters. The van der Waals surface area contributed by atoms with E-state index in [1.807, 2.05) is 19.1 Å². The highest BCUT2D eigenvalue weighted by atomic mass is 16.7. The number of methoxy groups -OCH3 is 1. The lowest BCUT2D eigenvalue weighted by Crippen LogP contribution is -2.15. The first-order chi connectivity index (χ1) is 12.2. The van der Waals surface area contributed by atoms with Crippen molar-refractivity contribution in [2.75, 3.05) is 13.7 Å². The van der Waals surface area contributed by atoms with E-state index in [-0.39, 0.29) is 17.6 Å². The van der Waals surface area contributed by atoms with E-state index in [1.54, 1.807) is 13.4 Å². The van der Waals surface area contributed by atoms with Crippen LogP contribution in [0.4, 0.5) is 0 Å². The second-order valence-corrected chi connectivity index (χ2v) is 6.44. The molecule has 2 aliphatic heterocycles. The van der Waals surface area contributed by atoms with E-state index < -0.39 is 6.29 Å². The van der Waals surface area contributed by atoms with Crippen molar-refractivity contribution in [2.45, 2.75) is 38.1 Å². The van der Waals surface area contributed by atoms with Gasteiger partial charge in [0, 0.05) is 12.7 Å². The predicted octanol–water partition coefficient (Wildman–Crippen LogP) is 3.17. The molecule has 6 nitrogen and oxygen atoms in total. The third-order valence-corrected chi connectivity index (χ3v) is 5.22. The normalized spacial score (nSPS) is 25.4. The van der Waals surface area contributed by atoms with Crippen LogP contribution in [0.2, 0.25) is 0 Å². The average Bonchev–Trinajstić information content (AvgIpc) is 3.28. The molecule has 1 aliphatic carbocycles. The number of ether oxygens (including phenoxy) is 4. The summed E-state index contributed by atoms with van der Waals surface area (Å²) in [5.74, 6) is 1.22. The Morgan fingerprint density at radius 1 is 1.32 bits per heavy atom. The van der Waals surface area contributed by atoms with E-state index in [2.05, 4.69) is 0 Å². The molecule has 130 valence electrons. The van der Waals surface area contributed by atoms with Gasteiger partial charge in [-0.1, -0.05) is 0 Å². The second-order valence-electron chi connectivity index (χ2n) is 6.44. The molecule has 0 saturated heterocycles. The predicted molar refractivity (Wildman–Crippen MR) is 89.1 cm³/mol. The number of rotatable bonds is 3. The fourth-order valence-corrected chi connectivity index (χ4v) is 4.21. The smallest absolute Gasteiger partial charge is 0.342 e. The topological polar surface area (TPSA) is 67.1 Å². The van der Waals surface area contributed by atoms with E-state index in [9.17, 15) is 4.79 Å². The van der Waals surface area contributed by atoms with Gasteiger partial charge < -0.3 is 23.4 Å². The van der Waals surface area contributed by atoms with Gasteiger partial charge >= 0.3 is 5.63 Å². The quantitative estimate of drug-likeness (QED) is 0.798. The summed E-state index contributed by atoms with van der Waals surface area (Å²) in [6, 6.07) is 1.86. The maximum atomic E-state index is 12.7. The van der Waals surface area contributed by atoms with Crippen molar-refractivity contribution in [2.24, 2.45) is 0 Å². The highest BCUT2D eigenvalue weighted by Gasteiger charge is 2.42. The van der Waals surface area contributed by atoms with E-state index >= 15 is 0 Å². The fourth-order valence-electron chi connectivity index (χ4n) is 4.21. The second kappa shape index (κ2) is 5.26. The fraction of sp³-hybridized carbons (Fsp3) is 0.421. The van der Waals surface area contributed by atoms with Crippen LogP contribution in [0.1, 0.15) is 42.1 Å². The van der Waals surface area contributed by atoms with Crippen molar-refractivity contribution in [3.05, 3.63) is 45.5 Å². The number of hydrogen-bond acceptors (Lipinski definition) is 6. The molecule has 6 heteroatoms. The molecule has 0 fully saturated rings. The third-order valence-electron chi connectivity index (χ3n) is 5.22. The number of hydrogen-bond donors (Lipinski definition) is 0. The summed E-state index contributed by atoms with van der Waals surface area (Å²) in [4.78, 5) is 12.7. The minimum atomic E-state index is -0.403. The molecule has 2 unspecified atom stereocenters. The number of aryl methyl sites for hydroxylation is 1. The summed E-state index contributed by atoms with van der Waals surface area (Å²) in [6.07, 6.45) is 4.48. The lowest BCUT2D eigenvalue weighted by molar-refractivity contribution is -0.00485. The van der Waals surface area contributed by atoms with Gasteiger partial charge in [0.05, 0.1) is 41.9 Å². The maximum absolute atomic E-state index is 12.7. The minimum absolute atomic E-state index is 0.0753. The Kier molecular flexibility index (Phi) is 3.12. The van der Waals surface area contributed by atoms with Crippen molar-refractivity contribution < 1.29 is 23.4 Å². The highest BCUT2D eigenvalue weighted by molar-refractivity contribution is 5.93. The zero-order chi connectivity index (χ0) is 17.1. The van der Waals surface area contributed by atoms with Gasteiger partial charge in [0.15, 0.2) is 0 Å². The molecule has 1 aromatic heterocycles. The van der Waals surface area contributed by atoms with Crippen LogP contribution in [-0.2, 0) is 15.9 Å². The largest absolute Gasteiger partial charge is 0.496 e. The van der Waals surface area contributed by atoms with E-state index in [1.165, 1.54) is 0 Å². The molecule has 2 aromatic rings. The zero-order valence-corrected chi connectivity index (χ0v) is 14.0. The molecule has 3 aliphatic rings. The monoisotopic (exact) mass is 342 g/mol. The molecular formula is C19H18O6. The Hall–Kier alpha value is -2.47. The lowest BCUT2D eigenvalue weighted by atomic mass is 9.95. The van der Waals surface area contributed by atoms with Crippen molar-refractivity contribution in [3.63, 3.8) is 0 Å². The summed E-state index contributed by atoms with van der Waals surface area (Å²) in [7, 11) is 1.61. The molecule has 0 radical (unpaired) electrons. The first-order valence-electron chi connectivity index (χ1n) is 8.53. The van der Waals surface area contributed by atoms with Gasteiger partial charge in [-0.15, -0.1) is 0 Å². The van der Waals surface area contributed by atoms with Crippen molar-refractivity contribution in [3.8, 4) is 11.5 Å². The number of fused-ring (bicyclic) bond motifs is 7. The Bertz CT molecular complexity index is 957. The highest BCUT2D eigenvalue weighted by Crippen LogP contribution is 2.50. The van der Waals surface area contributed by atoms with Gasteiger partial charge in [-0.2, -0.15) is 0 Å². The summed E-state index contributed by atoms with van der Waals surface area (Å²) in [5, 5.41) is 0.850. The summed E-state index contributed by atoms with van der Waals surface area (Å²) in [5.41, 5.74) is 2.66.